The van der Waals surface area contributed by atoms with Gasteiger partial charge in [0.25, 0.3) is 0 Å². The fraction of sp³-hybridized carbons (Fsp3) is 0.250. The summed E-state index contributed by atoms with van der Waals surface area (Å²) in [6, 6.07) is 8.01. The SMILES string of the molecule is COC(=O)N(C)Cc1c[nH]c2ccccc12. The molecule has 2 aromatic rings. The van der Waals surface area contributed by atoms with E-state index >= 15 is 0 Å². The third-order valence-electron chi connectivity index (χ3n) is 2.57. The van der Waals surface area contributed by atoms with Gasteiger partial charge >= 0.3 is 6.09 Å². The first-order chi connectivity index (χ1) is 7.72. The summed E-state index contributed by atoms with van der Waals surface area (Å²) >= 11 is 0. The fourth-order valence-electron chi connectivity index (χ4n) is 1.74. The number of methoxy groups -OCH3 is 1. The first-order valence-electron chi connectivity index (χ1n) is 5.06. The highest BCUT2D eigenvalue weighted by molar-refractivity contribution is 5.83. The van der Waals surface area contributed by atoms with Gasteiger partial charge in [0.1, 0.15) is 0 Å². The third-order valence-corrected chi connectivity index (χ3v) is 2.57. The summed E-state index contributed by atoms with van der Waals surface area (Å²) in [6.45, 7) is 0.538. The van der Waals surface area contributed by atoms with Gasteiger partial charge in [-0.15, -0.1) is 0 Å². The van der Waals surface area contributed by atoms with Crippen molar-refractivity contribution in [1.29, 1.82) is 0 Å². The average Bonchev–Trinajstić information content (AvgIpc) is 2.72. The number of hydrogen-bond donors (Lipinski definition) is 1. The maximum absolute atomic E-state index is 11.3. The second kappa shape index (κ2) is 4.26. The predicted molar refractivity (Wildman–Crippen MR) is 62.2 cm³/mol. The number of hydrogen-bond acceptors (Lipinski definition) is 2. The largest absolute Gasteiger partial charge is 0.453 e. The molecule has 1 amide bonds. The van der Waals surface area contributed by atoms with Gasteiger partial charge in [0.15, 0.2) is 0 Å². The Bertz CT molecular complexity index is 504. The highest BCUT2D eigenvalue weighted by Crippen LogP contribution is 2.18. The zero-order valence-corrected chi connectivity index (χ0v) is 9.36. The molecule has 84 valence electrons. The molecule has 1 aromatic carbocycles. The molecule has 0 saturated carbocycles. The summed E-state index contributed by atoms with van der Waals surface area (Å²) in [5, 5.41) is 1.14. The topological polar surface area (TPSA) is 45.3 Å². The summed E-state index contributed by atoms with van der Waals surface area (Å²) in [5.41, 5.74) is 2.17. The Balaban J connectivity index is 2.24. The van der Waals surface area contributed by atoms with Gasteiger partial charge in [-0.1, -0.05) is 18.2 Å². The molecule has 0 aliphatic rings. The molecule has 16 heavy (non-hydrogen) atoms. The molecule has 1 heterocycles. The van der Waals surface area contributed by atoms with Crippen LogP contribution in [0.3, 0.4) is 0 Å². The van der Waals surface area contributed by atoms with Gasteiger partial charge in [-0.2, -0.15) is 0 Å². The van der Waals surface area contributed by atoms with E-state index < -0.39 is 0 Å². The molecule has 4 heteroatoms. The highest BCUT2D eigenvalue weighted by Gasteiger charge is 2.11. The van der Waals surface area contributed by atoms with E-state index in [-0.39, 0.29) is 6.09 Å². The standard InChI is InChI=1S/C12H14N2O2/c1-14(12(15)16-2)8-9-7-13-11-6-4-3-5-10(9)11/h3-7,13H,8H2,1-2H3. The lowest BCUT2D eigenvalue weighted by molar-refractivity contribution is 0.131. The number of H-pyrrole nitrogens is 1. The van der Waals surface area contributed by atoms with E-state index in [2.05, 4.69) is 9.72 Å². The first-order valence-corrected chi connectivity index (χ1v) is 5.06. The van der Waals surface area contributed by atoms with Crippen molar-refractivity contribution in [1.82, 2.24) is 9.88 Å². The van der Waals surface area contributed by atoms with E-state index in [1.165, 1.54) is 12.0 Å². The zero-order chi connectivity index (χ0) is 11.5. The second-order valence-electron chi connectivity index (χ2n) is 3.69. The van der Waals surface area contributed by atoms with E-state index in [1.54, 1.807) is 7.05 Å². The van der Waals surface area contributed by atoms with Gasteiger partial charge in [-0.05, 0) is 11.6 Å². The molecule has 0 aliphatic carbocycles. The molecule has 2 rings (SSSR count). The Morgan fingerprint density at radius 1 is 1.44 bits per heavy atom. The van der Waals surface area contributed by atoms with E-state index in [1.807, 2.05) is 30.5 Å². The van der Waals surface area contributed by atoms with Crippen LogP contribution in [0.25, 0.3) is 10.9 Å². The highest BCUT2D eigenvalue weighted by atomic mass is 16.5. The van der Waals surface area contributed by atoms with Crippen LogP contribution in [0.2, 0.25) is 0 Å². The number of ether oxygens (including phenoxy) is 1. The zero-order valence-electron chi connectivity index (χ0n) is 9.36. The van der Waals surface area contributed by atoms with Crippen molar-refractivity contribution in [3.63, 3.8) is 0 Å². The lowest BCUT2D eigenvalue weighted by Gasteiger charge is -2.14. The van der Waals surface area contributed by atoms with Crippen molar-refractivity contribution in [2.45, 2.75) is 6.54 Å². The second-order valence-corrected chi connectivity index (χ2v) is 3.69. The first kappa shape index (κ1) is 10.5. The Morgan fingerprint density at radius 3 is 2.94 bits per heavy atom. The molecule has 4 nitrogen and oxygen atoms in total. The van der Waals surface area contributed by atoms with Gasteiger partial charge in [0.05, 0.1) is 13.7 Å². The normalized spacial score (nSPS) is 10.4. The minimum absolute atomic E-state index is 0.328. The van der Waals surface area contributed by atoms with Crippen LogP contribution in [0.1, 0.15) is 5.56 Å². The number of aromatic nitrogens is 1. The molecule has 1 aromatic heterocycles. The minimum Gasteiger partial charge on any atom is -0.453 e. The molecule has 0 atom stereocenters. The van der Waals surface area contributed by atoms with Crippen molar-refractivity contribution in [3.05, 3.63) is 36.0 Å². The monoisotopic (exact) mass is 218 g/mol. The van der Waals surface area contributed by atoms with Crippen LogP contribution >= 0.6 is 0 Å². The van der Waals surface area contributed by atoms with Crippen LogP contribution in [-0.2, 0) is 11.3 Å². The van der Waals surface area contributed by atoms with Gasteiger partial charge in [0, 0.05) is 24.1 Å². The van der Waals surface area contributed by atoms with Gasteiger partial charge in [-0.3, -0.25) is 0 Å². The van der Waals surface area contributed by atoms with Crippen molar-refractivity contribution >= 4 is 17.0 Å². The van der Waals surface area contributed by atoms with Crippen molar-refractivity contribution in [3.8, 4) is 0 Å². The molecular formula is C12H14N2O2. The number of carbonyl (C=O) groups excluding carboxylic acids is 1. The van der Waals surface area contributed by atoms with Crippen molar-refractivity contribution < 1.29 is 9.53 Å². The Kier molecular flexibility index (Phi) is 2.81. The maximum atomic E-state index is 11.3. The fourth-order valence-corrected chi connectivity index (χ4v) is 1.74. The molecule has 0 unspecified atom stereocenters. The number of aromatic amines is 1. The predicted octanol–water partition coefficient (Wildman–Crippen LogP) is 2.37. The van der Waals surface area contributed by atoms with Gasteiger partial charge in [0.2, 0.25) is 0 Å². The molecule has 0 radical (unpaired) electrons. The smallest absolute Gasteiger partial charge is 0.409 e. The Labute approximate surface area is 93.8 Å². The number of benzene rings is 1. The summed E-state index contributed by atoms with van der Waals surface area (Å²) < 4.78 is 4.65. The Morgan fingerprint density at radius 2 is 2.19 bits per heavy atom. The number of rotatable bonds is 2. The molecule has 0 aliphatic heterocycles. The van der Waals surface area contributed by atoms with Gasteiger partial charge < -0.3 is 14.6 Å². The summed E-state index contributed by atoms with van der Waals surface area (Å²) in [6.07, 6.45) is 1.59. The number of nitrogens with zero attached hydrogens (tertiary/aromatic N) is 1. The summed E-state index contributed by atoms with van der Waals surface area (Å²) in [7, 11) is 3.10. The number of amides is 1. The van der Waals surface area contributed by atoms with E-state index in [0.717, 1.165) is 16.5 Å². The molecular weight excluding hydrogens is 204 g/mol. The molecule has 0 saturated heterocycles. The summed E-state index contributed by atoms with van der Waals surface area (Å²) in [5.74, 6) is 0. The van der Waals surface area contributed by atoms with Gasteiger partial charge in [-0.25, -0.2) is 4.79 Å². The number of carbonyl (C=O) groups is 1. The molecule has 0 bridgehead atoms. The van der Waals surface area contributed by atoms with Crippen LogP contribution < -0.4 is 0 Å². The average molecular weight is 218 g/mol. The van der Waals surface area contributed by atoms with Crippen molar-refractivity contribution in [2.75, 3.05) is 14.2 Å². The van der Waals surface area contributed by atoms with Crippen molar-refractivity contribution in [2.24, 2.45) is 0 Å². The van der Waals surface area contributed by atoms with Crippen LogP contribution in [0.15, 0.2) is 30.5 Å². The maximum Gasteiger partial charge on any atom is 0.409 e. The molecule has 0 spiro atoms. The molecule has 0 fully saturated rings. The summed E-state index contributed by atoms with van der Waals surface area (Å²) in [4.78, 5) is 16.0. The van der Waals surface area contributed by atoms with Crippen LogP contribution in [0.4, 0.5) is 4.79 Å². The quantitative estimate of drug-likeness (QED) is 0.841. The number of nitrogens with one attached hydrogen (secondary N) is 1. The number of fused-ring (bicyclic) bond motifs is 1. The van der Waals surface area contributed by atoms with Crippen LogP contribution in [0.5, 0.6) is 0 Å². The molecule has 1 N–H and O–H groups in total. The Hall–Kier alpha value is -1.97. The van der Waals surface area contributed by atoms with Crippen LogP contribution in [0, 0.1) is 0 Å². The third kappa shape index (κ3) is 1.86. The van der Waals surface area contributed by atoms with E-state index in [4.69, 9.17) is 0 Å². The van der Waals surface area contributed by atoms with E-state index in [0.29, 0.717) is 6.54 Å². The van der Waals surface area contributed by atoms with Crippen LogP contribution in [-0.4, -0.2) is 30.1 Å². The number of para-hydroxylation sites is 1. The lowest BCUT2D eigenvalue weighted by atomic mass is 10.2. The lowest BCUT2D eigenvalue weighted by Crippen LogP contribution is -2.25. The van der Waals surface area contributed by atoms with E-state index in [9.17, 15) is 4.79 Å². The minimum atomic E-state index is -0.328.